The van der Waals surface area contributed by atoms with Crippen LogP contribution in [0.5, 0.6) is 5.75 Å². The summed E-state index contributed by atoms with van der Waals surface area (Å²) in [6.45, 7) is 1.09. The lowest BCUT2D eigenvalue weighted by Crippen LogP contribution is -2.00. The van der Waals surface area contributed by atoms with Gasteiger partial charge in [0.25, 0.3) is 0 Å². The van der Waals surface area contributed by atoms with Gasteiger partial charge in [-0.3, -0.25) is 0 Å². The molecule has 0 amide bonds. The number of anilines is 1. The third kappa shape index (κ3) is 5.30. The van der Waals surface area contributed by atoms with E-state index in [1.807, 2.05) is 60.7 Å². The van der Waals surface area contributed by atoms with Crippen molar-refractivity contribution in [2.24, 2.45) is 0 Å². The lowest BCUT2D eigenvalue weighted by Gasteiger charge is -2.11. The average molecular weight is 393 g/mol. The summed E-state index contributed by atoms with van der Waals surface area (Å²) in [5, 5.41) is 5.05. The molecule has 0 unspecified atom stereocenters. The van der Waals surface area contributed by atoms with Crippen molar-refractivity contribution < 1.29 is 4.74 Å². The van der Waals surface area contributed by atoms with Crippen molar-refractivity contribution in [2.75, 3.05) is 5.32 Å². The molecule has 0 radical (unpaired) electrons. The zero-order valence-corrected chi connectivity index (χ0v) is 15.6. The Morgan fingerprint density at radius 2 is 1.48 bits per heavy atom. The minimum atomic E-state index is 0.485. The molecule has 0 saturated carbocycles. The van der Waals surface area contributed by atoms with Crippen molar-refractivity contribution in [3.8, 4) is 5.75 Å². The quantitative estimate of drug-likeness (QED) is 0.496. The summed E-state index contributed by atoms with van der Waals surface area (Å²) in [5.74, 6) is 0.667. The lowest BCUT2D eigenvalue weighted by molar-refractivity contribution is 0.306. The van der Waals surface area contributed by atoms with Gasteiger partial charge in [0, 0.05) is 22.3 Å². The van der Waals surface area contributed by atoms with Crippen LogP contribution < -0.4 is 10.1 Å². The van der Waals surface area contributed by atoms with E-state index in [4.69, 9.17) is 39.5 Å². The molecule has 1 N–H and O–H groups in total. The van der Waals surface area contributed by atoms with Gasteiger partial charge in [-0.1, -0.05) is 71.2 Å². The molecule has 25 heavy (non-hydrogen) atoms. The molecule has 0 aliphatic carbocycles. The summed E-state index contributed by atoms with van der Waals surface area (Å²) in [6.07, 6.45) is 0. The molecule has 0 aliphatic heterocycles. The summed E-state index contributed by atoms with van der Waals surface area (Å²) < 4.78 is 5.78. The van der Waals surface area contributed by atoms with Crippen LogP contribution in [0.25, 0.3) is 0 Å². The van der Waals surface area contributed by atoms with Gasteiger partial charge in [-0.25, -0.2) is 0 Å². The molecule has 2 nitrogen and oxygen atoms in total. The fraction of sp³-hybridized carbons (Fsp3) is 0.100. The van der Waals surface area contributed by atoms with Crippen molar-refractivity contribution in [2.45, 2.75) is 13.2 Å². The van der Waals surface area contributed by atoms with Crippen molar-refractivity contribution in [3.63, 3.8) is 0 Å². The summed E-state index contributed by atoms with van der Waals surface area (Å²) >= 11 is 18.3. The number of hydrogen-bond acceptors (Lipinski definition) is 2. The van der Waals surface area contributed by atoms with Gasteiger partial charge in [0.1, 0.15) is 12.4 Å². The number of ether oxygens (including phenoxy) is 1. The summed E-state index contributed by atoms with van der Waals surface area (Å²) in [4.78, 5) is 0. The maximum absolute atomic E-state index is 6.33. The van der Waals surface area contributed by atoms with E-state index < -0.39 is 0 Å². The van der Waals surface area contributed by atoms with Crippen LogP contribution in [0.1, 0.15) is 11.1 Å². The Bertz CT molecular complexity index is 833. The first-order valence-electron chi connectivity index (χ1n) is 7.75. The molecular formula is C20H16Cl3NO. The van der Waals surface area contributed by atoms with Gasteiger partial charge in [-0.2, -0.15) is 0 Å². The number of rotatable bonds is 6. The number of hydrogen-bond donors (Lipinski definition) is 1. The van der Waals surface area contributed by atoms with E-state index in [-0.39, 0.29) is 0 Å². The molecule has 5 heteroatoms. The van der Waals surface area contributed by atoms with Crippen LogP contribution in [-0.4, -0.2) is 0 Å². The van der Waals surface area contributed by atoms with E-state index in [1.54, 1.807) is 6.07 Å². The molecule has 0 heterocycles. The van der Waals surface area contributed by atoms with E-state index in [2.05, 4.69) is 5.32 Å². The van der Waals surface area contributed by atoms with Crippen molar-refractivity contribution in [1.29, 1.82) is 0 Å². The number of nitrogens with one attached hydrogen (secondary N) is 1. The molecule has 128 valence electrons. The Morgan fingerprint density at radius 3 is 2.16 bits per heavy atom. The van der Waals surface area contributed by atoms with Gasteiger partial charge in [0.05, 0.1) is 5.02 Å². The standard InChI is InChI=1S/C20H16Cl3NO/c21-16-9-17(22)11-18(10-16)24-12-15-6-7-20(19(23)8-15)25-13-14-4-2-1-3-5-14/h1-11,24H,12-13H2. The molecule has 0 aromatic heterocycles. The molecule has 3 aromatic rings. The maximum Gasteiger partial charge on any atom is 0.138 e. The molecule has 0 aliphatic rings. The topological polar surface area (TPSA) is 21.3 Å². The van der Waals surface area contributed by atoms with Crippen LogP contribution in [-0.2, 0) is 13.2 Å². The monoisotopic (exact) mass is 391 g/mol. The molecule has 0 bridgehead atoms. The summed E-state index contributed by atoms with van der Waals surface area (Å²) in [7, 11) is 0. The van der Waals surface area contributed by atoms with Gasteiger partial charge >= 0.3 is 0 Å². The molecule has 0 saturated heterocycles. The molecule has 0 fully saturated rings. The Morgan fingerprint density at radius 1 is 0.760 bits per heavy atom. The van der Waals surface area contributed by atoms with Crippen LogP contribution in [0.4, 0.5) is 5.69 Å². The second kappa shape index (κ2) is 8.48. The highest BCUT2D eigenvalue weighted by atomic mass is 35.5. The first-order chi connectivity index (χ1) is 12.1. The predicted octanol–water partition coefficient (Wildman–Crippen LogP) is 6.84. The van der Waals surface area contributed by atoms with E-state index in [0.717, 1.165) is 16.8 Å². The lowest BCUT2D eigenvalue weighted by atomic mass is 10.2. The van der Waals surface area contributed by atoms with Crippen LogP contribution >= 0.6 is 34.8 Å². The van der Waals surface area contributed by atoms with E-state index in [0.29, 0.717) is 34.0 Å². The SMILES string of the molecule is Clc1cc(Cl)cc(NCc2ccc(OCc3ccccc3)c(Cl)c2)c1. The van der Waals surface area contributed by atoms with Crippen molar-refractivity contribution >= 4 is 40.5 Å². The fourth-order valence-corrected chi connectivity index (χ4v) is 3.15. The summed E-state index contributed by atoms with van der Waals surface area (Å²) in [5.41, 5.74) is 2.99. The van der Waals surface area contributed by atoms with E-state index in [9.17, 15) is 0 Å². The largest absolute Gasteiger partial charge is 0.487 e. The summed E-state index contributed by atoms with van der Waals surface area (Å²) in [6, 6.07) is 21.1. The van der Waals surface area contributed by atoms with Crippen LogP contribution in [0.2, 0.25) is 15.1 Å². The van der Waals surface area contributed by atoms with Gasteiger partial charge in [-0.05, 0) is 41.5 Å². The predicted molar refractivity (Wildman–Crippen MR) is 106 cm³/mol. The first-order valence-corrected chi connectivity index (χ1v) is 8.89. The fourth-order valence-electron chi connectivity index (χ4n) is 2.37. The third-order valence-electron chi connectivity index (χ3n) is 3.59. The molecule has 3 rings (SSSR count). The Hall–Kier alpha value is -1.87. The maximum atomic E-state index is 6.33. The van der Waals surface area contributed by atoms with Crippen molar-refractivity contribution in [3.05, 3.63) is 92.9 Å². The second-order valence-electron chi connectivity index (χ2n) is 5.55. The van der Waals surface area contributed by atoms with Crippen LogP contribution in [0.15, 0.2) is 66.7 Å². The third-order valence-corrected chi connectivity index (χ3v) is 4.32. The smallest absolute Gasteiger partial charge is 0.138 e. The van der Waals surface area contributed by atoms with Gasteiger partial charge in [0.15, 0.2) is 0 Å². The first kappa shape index (κ1) is 17.9. The minimum Gasteiger partial charge on any atom is -0.487 e. The number of halogens is 3. The molecular weight excluding hydrogens is 377 g/mol. The van der Waals surface area contributed by atoms with E-state index >= 15 is 0 Å². The highest BCUT2D eigenvalue weighted by molar-refractivity contribution is 6.35. The molecule has 3 aromatic carbocycles. The van der Waals surface area contributed by atoms with Gasteiger partial charge < -0.3 is 10.1 Å². The zero-order chi connectivity index (χ0) is 17.6. The minimum absolute atomic E-state index is 0.485. The van der Waals surface area contributed by atoms with Gasteiger partial charge in [-0.15, -0.1) is 0 Å². The van der Waals surface area contributed by atoms with Gasteiger partial charge in [0.2, 0.25) is 0 Å². The Labute approximate surface area is 162 Å². The second-order valence-corrected chi connectivity index (χ2v) is 6.83. The van der Waals surface area contributed by atoms with E-state index in [1.165, 1.54) is 0 Å². The average Bonchev–Trinajstić information content (AvgIpc) is 2.59. The van der Waals surface area contributed by atoms with Crippen LogP contribution in [0, 0.1) is 0 Å². The molecule has 0 spiro atoms. The Kier molecular flexibility index (Phi) is 6.09. The Balaban J connectivity index is 1.61. The van der Waals surface area contributed by atoms with Crippen LogP contribution in [0.3, 0.4) is 0 Å². The highest BCUT2D eigenvalue weighted by Crippen LogP contribution is 2.27. The van der Waals surface area contributed by atoms with Crippen molar-refractivity contribution in [1.82, 2.24) is 0 Å². The normalized spacial score (nSPS) is 10.5. The number of benzene rings is 3. The highest BCUT2D eigenvalue weighted by Gasteiger charge is 2.05. The zero-order valence-electron chi connectivity index (χ0n) is 13.3. The molecule has 0 atom stereocenters.